The summed E-state index contributed by atoms with van der Waals surface area (Å²) in [5, 5.41) is 0. The van der Waals surface area contributed by atoms with Crippen molar-refractivity contribution in [2.24, 2.45) is 11.7 Å². The van der Waals surface area contributed by atoms with E-state index in [1.807, 2.05) is 18.0 Å². The average Bonchev–Trinajstić information content (AvgIpc) is 3.17. The van der Waals surface area contributed by atoms with Gasteiger partial charge in [0.1, 0.15) is 5.82 Å². The minimum absolute atomic E-state index is 0.238. The van der Waals surface area contributed by atoms with Crippen molar-refractivity contribution < 1.29 is 9.13 Å². The van der Waals surface area contributed by atoms with Gasteiger partial charge in [-0.2, -0.15) is 0 Å². The van der Waals surface area contributed by atoms with Crippen LogP contribution in [0.2, 0.25) is 0 Å². The van der Waals surface area contributed by atoms with Gasteiger partial charge in [-0.05, 0) is 37.8 Å². The third kappa shape index (κ3) is 3.91. The summed E-state index contributed by atoms with van der Waals surface area (Å²) in [6.07, 6.45) is 2.60. The molecule has 1 fully saturated rings. The van der Waals surface area contributed by atoms with E-state index in [9.17, 15) is 4.39 Å². The summed E-state index contributed by atoms with van der Waals surface area (Å²) >= 11 is 0. The molecule has 0 spiro atoms. The second kappa shape index (κ2) is 6.35. The molecule has 0 amide bonds. The van der Waals surface area contributed by atoms with Crippen molar-refractivity contribution in [2.45, 2.75) is 25.8 Å². The van der Waals surface area contributed by atoms with Crippen LogP contribution >= 0.6 is 0 Å². The molecular weight excluding hydrogens is 243 g/mol. The quantitative estimate of drug-likeness (QED) is 0.771. The van der Waals surface area contributed by atoms with E-state index in [4.69, 9.17) is 10.5 Å². The van der Waals surface area contributed by atoms with Gasteiger partial charge in [-0.25, -0.2) is 4.39 Å². The van der Waals surface area contributed by atoms with Gasteiger partial charge in [0, 0.05) is 37.5 Å². The van der Waals surface area contributed by atoms with Crippen molar-refractivity contribution in [3.05, 3.63) is 29.6 Å². The van der Waals surface area contributed by atoms with Crippen LogP contribution in [0.1, 0.15) is 31.4 Å². The van der Waals surface area contributed by atoms with E-state index in [0.29, 0.717) is 12.2 Å². The topological polar surface area (TPSA) is 38.5 Å². The molecule has 0 unspecified atom stereocenters. The van der Waals surface area contributed by atoms with Gasteiger partial charge in [-0.3, -0.25) is 0 Å². The van der Waals surface area contributed by atoms with Crippen molar-refractivity contribution in [3.8, 4) is 0 Å². The maximum Gasteiger partial charge on any atom is 0.130 e. The predicted octanol–water partition coefficient (Wildman–Crippen LogP) is 2.71. The average molecular weight is 266 g/mol. The molecule has 0 bridgehead atoms. The van der Waals surface area contributed by atoms with E-state index < -0.39 is 0 Å². The number of halogens is 1. The SMILES string of the molecule is C[C@@H](N)c1c(F)cccc1N(C)CCOCC1CC1. The summed E-state index contributed by atoms with van der Waals surface area (Å²) in [5.41, 5.74) is 7.29. The normalized spacial score (nSPS) is 16.4. The third-order valence-corrected chi connectivity index (χ3v) is 3.52. The zero-order valence-electron chi connectivity index (χ0n) is 11.7. The van der Waals surface area contributed by atoms with Crippen molar-refractivity contribution in [1.29, 1.82) is 0 Å². The molecule has 2 rings (SSSR count). The molecule has 0 heterocycles. The van der Waals surface area contributed by atoms with E-state index in [0.717, 1.165) is 24.8 Å². The molecule has 4 heteroatoms. The fourth-order valence-corrected chi connectivity index (χ4v) is 2.17. The Kier molecular flexibility index (Phi) is 4.77. The second-order valence-electron chi connectivity index (χ2n) is 5.40. The molecule has 1 aromatic rings. The summed E-state index contributed by atoms with van der Waals surface area (Å²) < 4.78 is 19.4. The first kappa shape index (κ1) is 14.3. The molecule has 0 aromatic heterocycles. The van der Waals surface area contributed by atoms with Gasteiger partial charge in [0.15, 0.2) is 0 Å². The highest BCUT2D eigenvalue weighted by atomic mass is 19.1. The number of likely N-dealkylation sites (N-methyl/N-ethyl adjacent to an activating group) is 1. The van der Waals surface area contributed by atoms with Crippen LogP contribution < -0.4 is 10.6 Å². The Morgan fingerprint density at radius 1 is 1.47 bits per heavy atom. The summed E-state index contributed by atoms with van der Waals surface area (Å²) in [4.78, 5) is 2.01. The second-order valence-corrected chi connectivity index (χ2v) is 5.40. The summed E-state index contributed by atoms with van der Waals surface area (Å²) in [7, 11) is 1.95. The first-order valence-electron chi connectivity index (χ1n) is 6.92. The van der Waals surface area contributed by atoms with Gasteiger partial charge in [0.2, 0.25) is 0 Å². The minimum atomic E-state index is -0.314. The molecule has 3 nitrogen and oxygen atoms in total. The van der Waals surface area contributed by atoms with Gasteiger partial charge in [-0.1, -0.05) is 6.07 Å². The van der Waals surface area contributed by atoms with E-state index in [1.54, 1.807) is 13.0 Å². The monoisotopic (exact) mass is 266 g/mol. The largest absolute Gasteiger partial charge is 0.379 e. The predicted molar refractivity (Wildman–Crippen MR) is 75.8 cm³/mol. The van der Waals surface area contributed by atoms with Crippen LogP contribution in [0.15, 0.2) is 18.2 Å². The van der Waals surface area contributed by atoms with Crippen molar-refractivity contribution in [3.63, 3.8) is 0 Å². The van der Waals surface area contributed by atoms with Gasteiger partial charge < -0.3 is 15.4 Å². The zero-order chi connectivity index (χ0) is 13.8. The Balaban J connectivity index is 1.93. The lowest BCUT2D eigenvalue weighted by molar-refractivity contribution is 0.131. The van der Waals surface area contributed by atoms with Crippen LogP contribution in [0, 0.1) is 11.7 Å². The molecule has 0 aliphatic heterocycles. The minimum Gasteiger partial charge on any atom is -0.379 e. The summed E-state index contributed by atoms with van der Waals surface area (Å²) in [6, 6.07) is 4.77. The van der Waals surface area contributed by atoms with Crippen LogP contribution in [-0.2, 0) is 4.74 Å². The molecule has 19 heavy (non-hydrogen) atoms. The highest BCUT2D eigenvalue weighted by Gasteiger charge is 2.21. The van der Waals surface area contributed by atoms with Crippen LogP contribution in [-0.4, -0.2) is 26.8 Å². The first-order chi connectivity index (χ1) is 9.09. The number of anilines is 1. The standard InChI is InChI=1S/C15H23FN2O/c1-11(17)15-13(16)4-3-5-14(15)18(2)8-9-19-10-12-6-7-12/h3-5,11-12H,6-10,17H2,1-2H3/t11-/m1/s1. The smallest absolute Gasteiger partial charge is 0.130 e. The number of hydrogen-bond donors (Lipinski definition) is 1. The van der Waals surface area contributed by atoms with E-state index in [1.165, 1.54) is 18.9 Å². The summed E-state index contributed by atoms with van der Waals surface area (Å²) in [5.74, 6) is 0.539. The van der Waals surface area contributed by atoms with Crippen molar-refractivity contribution in [1.82, 2.24) is 0 Å². The molecule has 1 aliphatic carbocycles. The van der Waals surface area contributed by atoms with Crippen LogP contribution in [0.3, 0.4) is 0 Å². The Bertz CT molecular complexity index is 419. The van der Waals surface area contributed by atoms with Gasteiger partial charge >= 0.3 is 0 Å². The first-order valence-corrected chi connectivity index (χ1v) is 6.92. The summed E-state index contributed by atoms with van der Waals surface area (Å²) in [6.45, 7) is 4.08. The molecule has 1 atom stereocenters. The third-order valence-electron chi connectivity index (χ3n) is 3.52. The van der Waals surface area contributed by atoms with E-state index in [2.05, 4.69) is 0 Å². The van der Waals surface area contributed by atoms with Crippen molar-refractivity contribution >= 4 is 5.69 Å². The van der Waals surface area contributed by atoms with E-state index in [-0.39, 0.29) is 11.9 Å². The fourth-order valence-electron chi connectivity index (χ4n) is 2.17. The molecular formula is C15H23FN2O. The van der Waals surface area contributed by atoms with Gasteiger partial charge in [-0.15, -0.1) is 0 Å². The Morgan fingerprint density at radius 2 is 2.21 bits per heavy atom. The molecule has 0 saturated heterocycles. The highest BCUT2D eigenvalue weighted by molar-refractivity contribution is 5.54. The van der Waals surface area contributed by atoms with Crippen LogP contribution in [0.25, 0.3) is 0 Å². The van der Waals surface area contributed by atoms with E-state index >= 15 is 0 Å². The zero-order valence-corrected chi connectivity index (χ0v) is 11.7. The number of nitrogens with zero attached hydrogens (tertiary/aromatic N) is 1. The molecule has 0 radical (unpaired) electrons. The number of rotatable bonds is 7. The lowest BCUT2D eigenvalue weighted by Gasteiger charge is -2.24. The lowest BCUT2D eigenvalue weighted by atomic mass is 10.1. The molecule has 106 valence electrons. The molecule has 1 aliphatic rings. The van der Waals surface area contributed by atoms with Gasteiger partial charge in [0.05, 0.1) is 6.61 Å². The molecule has 2 N–H and O–H groups in total. The molecule has 1 saturated carbocycles. The highest BCUT2D eigenvalue weighted by Crippen LogP contribution is 2.29. The van der Waals surface area contributed by atoms with Crippen LogP contribution in [0.4, 0.5) is 10.1 Å². The number of hydrogen-bond acceptors (Lipinski definition) is 3. The number of ether oxygens (including phenoxy) is 1. The maximum absolute atomic E-state index is 13.8. The molecule has 1 aromatic carbocycles. The number of nitrogens with two attached hydrogens (primary N) is 1. The lowest BCUT2D eigenvalue weighted by Crippen LogP contribution is -2.25. The van der Waals surface area contributed by atoms with Crippen LogP contribution in [0.5, 0.6) is 0 Å². The Morgan fingerprint density at radius 3 is 2.84 bits per heavy atom. The maximum atomic E-state index is 13.8. The number of benzene rings is 1. The Hall–Kier alpha value is -1.13. The Labute approximate surface area is 114 Å². The van der Waals surface area contributed by atoms with Gasteiger partial charge in [0.25, 0.3) is 0 Å². The van der Waals surface area contributed by atoms with Crippen molar-refractivity contribution in [2.75, 3.05) is 31.7 Å². The fraction of sp³-hybridized carbons (Fsp3) is 0.600.